The van der Waals surface area contributed by atoms with Crippen LogP contribution in [0, 0.1) is 0 Å². The van der Waals surface area contributed by atoms with Gasteiger partial charge >= 0.3 is 0 Å². The van der Waals surface area contributed by atoms with Gasteiger partial charge < -0.3 is 5.73 Å². The predicted molar refractivity (Wildman–Crippen MR) is 58.1 cm³/mol. The molecule has 1 heterocycles. The van der Waals surface area contributed by atoms with E-state index in [0.29, 0.717) is 6.42 Å². The summed E-state index contributed by atoms with van der Waals surface area (Å²) >= 11 is 1.53. The summed E-state index contributed by atoms with van der Waals surface area (Å²) in [4.78, 5) is 14.4. The van der Waals surface area contributed by atoms with E-state index < -0.39 is 0 Å². The molecule has 2 rings (SSSR count). The van der Waals surface area contributed by atoms with Crippen LogP contribution in [0.5, 0.6) is 0 Å². The van der Waals surface area contributed by atoms with Gasteiger partial charge in [0.2, 0.25) is 5.91 Å². The first kappa shape index (κ1) is 9.55. The molecule has 14 heavy (non-hydrogen) atoms. The van der Waals surface area contributed by atoms with Crippen molar-refractivity contribution in [3.05, 3.63) is 24.3 Å². The van der Waals surface area contributed by atoms with Crippen molar-refractivity contribution < 1.29 is 4.79 Å². The number of carbonyl (C=O) groups excluding carboxylic acids is 1. The number of benzene rings is 1. The van der Waals surface area contributed by atoms with Gasteiger partial charge in [0.25, 0.3) is 0 Å². The number of amides is 1. The largest absolute Gasteiger partial charge is 0.302 e. The summed E-state index contributed by atoms with van der Waals surface area (Å²) in [6.07, 6.45) is 0.489. The van der Waals surface area contributed by atoms with Crippen LogP contribution in [-0.2, 0) is 4.79 Å². The molecule has 3 nitrogen and oxygen atoms in total. The first-order valence-electron chi connectivity index (χ1n) is 4.57. The van der Waals surface area contributed by atoms with Gasteiger partial charge in [-0.15, -0.1) is 0 Å². The Morgan fingerprint density at radius 3 is 3.00 bits per heavy atom. The number of nitrogens with two attached hydrogens (primary N) is 1. The summed E-state index contributed by atoms with van der Waals surface area (Å²) in [5, 5.41) is 0. The minimum Gasteiger partial charge on any atom is -0.302 e. The molecule has 0 bridgehead atoms. The van der Waals surface area contributed by atoms with Gasteiger partial charge in [0.05, 0.1) is 5.69 Å². The van der Waals surface area contributed by atoms with E-state index in [2.05, 4.69) is 0 Å². The molecular formula is C10H12N2OS. The molecule has 4 heteroatoms. The molecule has 0 aromatic heterocycles. The highest BCUT2D eigenvalue weighted by atomic mass is 32.2. The van der Waals surface area contributed by atoms with E-state index >= 15 is 0 Å². The maximum Gasteiger partial charge on any atom is 0.228 e. The normalized spacial score (nSPS) is 19.6. The highest BCUT2D eigenvalue weighted by molar-refractivity contribution is 8.00. The summed E-state index contributed by atoms with van der Waals surface area (Å²) in [6, 6.07) is 7.80. The second kappa shape index (κ2) is 3.63. The predicted octanol–water partition coefficient (Wildman–Crippen LogP) is 1.78. The van der Waals surface area contributed by atoms with Gasteiger partial charge in [-0.25, -0.2) is 0 Å². The molecule has 0 aliphatic carbocycles. The molecule has 1 aromatic rings. The third-order valence-electron chi connectivity index (χ3n) is 2.20. The minimum absolute atomic E-state index is 0.0787. The zero-order chi connectivity index (χ0) is 10.1. The number of fused-ring (bicyclic) bond motifs is 1. The molecule has 1 aromatic carbocycles. The number of rotatable bonds is 1. The van der Waals surface area contributed by atoms with Gasteiger partial charge in [0.1, 0.15) is 5.50 Å². The Morgan fingerprint density at radius 2 is 2.29 bits per heavy atom. The lowest BCUT2D eigenvalue weighted by molar-refractivity contribution is -0.118. The fourth-order valence-corrected chi connectivity index (χ4v) is 2.56. The highest BCUT2D eigenvalue weighted by Crippen LogP contribution is 2.41. The second-order valence-electron chi connectivity index (χ2n) is 3.09. The van der Waals surface area contributed by atoms with Crippen LogP contribution >= 0.6 is 11.8 Å². The van der Waals surface area contributed by atoms with Gasteiger partial charge in [-0.3, -0.25) is 9.69 Å². The van der Waals surface area contributed by atoms with Crippen LogP contribution in [0.4, 0.5) is 5.69 Å². The van der Waals surface area contributed by atoms with Crippen LogP contribution in [0.3, 0.4) is 0 Å². The van der Waals surface area contributed by atoms with E-state index in [1.54, 1.807) is 4.90 Å². The molecule has 0 saturated carbocycles. The number of para-hydroxylation sites is 1. The van der Waals surface area contributed by atoms with Crippen molar-refractivity contribution in [3.63, 3.8) is 0 Å². The zero-order valence-electron chi connectivity index (χ0n) is 7.93. The number of carbonyl (C=O) groups is 1. The first-order chi connectivity index (χ1) is 6.74. The molecule has 74 valence electrons. The van der Waals surface area contributed by atoms with E-state index in [-0.39, 0.29) is 11.4 Å². The van der Waals surface area contributed by atoms with Gasteiger partial charge in [-0.1, -0.05) is 30.8 Å². The maximum absolute atomic E-state index is 11.6. The monoisotopic (exact) mass is 208 g/mol. The zero-order valence-corrected chi connectivity index (χ0v) is 8.75. The van der Waals surface area contributed by atoms with E-state index in [0.717, 1.165) is 10.6 Å². The van der Waals surface area contributed by atoms with Gasteiger partial charge in [-0.2, -0.15) is 0 Å². The van der Waals surface area contributed by atoms with Crippen molar-refractivity contribution in [3.8, 4) is 0 Å². The van der Waals surface area contributed by atoms with Crippen molar-refractivity contribution >= 4 is 23.4 Å². The van der Waals surface area contributed by atoms with Crippen LogP contribution in [0.15, 0.2) is 29.2 Å². The molecule has 1 aliphatic heterocycles. The smallest absolute Gasteiger partial charge is 0.228 e. The summed E-state index contributed by atoms with van der Waals surface area (Å²) in [7, 11) is 0. The molecule has 1 unspecified atom stereocenters. The number of thioether (sulfide) groups is 1. The SMILES string of the molecule is CCC(=O)N1c2ccccc2SC1N. The molecular weight excluding hydrogens is 196 g/mol. The number of anilines is 1. The van der Waals surface area contributed by atoms with Crippen LogP contribution in [0.1, 0.15) is 13.3 Å². The molecule has 1 atom stereocenters. The number of hydrogen-bond acceptors (Lipinski definition) is 3. The summed E-state index contributed by atoms with van der Waals surface area (Å²) in [6.45, 7) is 1.85. The maximum atomic E-state index is 11.6. The summed E-state index contributed by atoms with van der Waals surface area (Å²) in [5.41, 5.74) is 6.55. The van der Waals surface area contributed by atoms with Gasteiger partial charge in [-0.05, 0) is 12.1 Å². The molecule has 2 N–H and O–H groups in total. The third-order valence-corrected chi connectivity index (χ3v) is 3.25. The van der Waals surface area contributed by atoms with E-state index in [9.17, 15) is 4.79 Å². The van der Waals surface area contributed by atoms with Crippen molar-refractivity contribution in [1.82, 2.24) is 0 Å². The van der Waals surface area contributed by atoms with Crippen molar-refractivity contribution in [2.75, 3.05) is 4.90 Å². The molecule has 1 aliphatic rings. The second-order valence-corrected chi connectivity index (χ2v) is 4.25. The van der Waals surface area contributed by atoms with E-state index in [4.69, 9.17) is 5.73 Å². The first-order valence-corrected chi connectivity index (χ1v) is 5.45. The highest BCUT2D eigenvalue weighted by Gasteiger charge is 2.30. The van der Waals surface area contributed by atoms with Gasteiger partial charge in [0, 0.05) is 11.3 Å². The van der Waals surface area contributed by atoms with E-state index in [1.165, 1.54) is 11.8 Å². The van der Waals surface area contributed by atoms with E-state index in [1.807, 2.05) is 31.2 Å². The Kier molecular flexibility index (Phi) is 2.48. The van der Waals surface area contributed by atoms with Crippen LogP contribution in [0.25, 0.3) is 0 Å². The quantitative estimate of drug-likeness (QED) is 0.765. The molecule has 0 saturated heterocycles. The van der Waals surface area contributed by atoms with Crippen LogP contribution in [0.2, 0.25) is 0 Å². The van der Waals surface area contributed by atoms with Crippen LogP contribution in [-0.4, -0.2) is 11.4 Å². The third kappa shape index (κ3) is 1.40. The van der Waals surface area contributed by atoms with Crippen molar-refractivity contribution in [2.24, 2.45) is 5.73 Å². The Bertz CT molecular complexity index is 367. The average molecular weight is 208 g/mol. The summed E-state index contributed by atoms with van der Waals surface area (Å²) < 4.78 is 0. The Labute approximate surface area is 87.3 Å². The van der Waals surface area contributed by atoms with Crippen molar-refractivity contribution in [1.29, 1.82) is 0 Å². The van der Waals surface area contributed by atoms with Crippen molar-refractivity contribution in [2.45, 2.75) is 23.7 Å². The number of nitrogens with zero attached hydrogens (tertiary/aromatic N) is 1. The molecule has 0 radical (unpaired) electrons. The summed E-state index contributed by atoms with van der Waals surface area (Å²) in [5.74, 6) is 0.0787. The standard InChI is InChI=1S/C10H12N2OS/c1-2-9(13)12-7-5-3-4-6-8(7)14-10(12)11/h3-6,10H,2,11H2,1H3. The lowest BCUT2D eigenvalue weighted by atomic mass is 10.3. The van der Waals surface area contributed by atoms with Gasteiger partial charge in [0.15, 0.2) is 0 Å². The lowest BCUT2D eigenvalue weighted by Gasteiger charge is -2.20. The fourth-order valence-electron chi connectivity index (χ4n) is 1.52. The Hall–Kier alpha value is -1.00. The molecule has 0 spiro atoms. The minimum atomic E-state index is -0.264. The molecule has 1 amide bonds. The molecule has 0 fully saturated rings. The Morgan fingerprint density at radius 1 is 1.57 bits per heavy atom. The lowest BCUT2D eigenvalue weighted by Crippen LogP contribution is -2.40. The number of hydrogen-bond donors (Lipinski definition) is 1. The topological polar surface area (TPSA) is 46.3 Å². The Balaban J connectivity index is 2.39. The fraction of sp³-hybridized carbons (Fsp3) is 0.300. The average Bonchev–Trinajstić information content (AvgIpc) is 2.53. The van der Waals surface area contributed by atoms with Crippen LogP contribution < -0.4 is 10.6 Å².